The Labute approximate surface area is 164 Å². The highest BCUT2D eigenvalue weighted by Gasteiger charge is 2.38. The molecule has 2 aromatic rings. The highest BCUT2D eigenvalue weighted by atomic mass is 19.4. The fourth-order valence-electron chi connectivity index (χ4n) is 2.86. The number of fused-ring (bicyclic) bond motifs is 1. The van der Waals surface area contributed by atoms with Crippen LogP contribution in [0.4, 0.5) is 13.2 Å². The van der Waals surface area contributed by atoms with Gasteiger partial charge in [-0.2, -0.15) is 13.2 Å². The number of ether oxygens (including phenoxy) is 1. The van der Waals surface area contributed by atoms with E-state index >= 15 is 0 Å². The predicted octanol–water partition coefficient (Wildman–Crippen LogP) is 2.14. The van der Waals surface area contributed by atoms with Crippen LogP contribution in [0.3, 0.4) is 0 Å². The number of imidazole rings is 1. The molecule has 0 radical (unpaired) electrons. The maximum Gasteiger partial charge on any atom is 0.490 e. The lowest BCUT2D eigenvalue weighted by molar-refractivity contribution is -0.192. The zero-order chi connectivity index (χ0) is 21.6. The van der Waals surface area contributed by atoms with Crippen molar-refractivity contribution in [1.82, 2.24) is 19.4 Å². The highest BCUT2D eigenvalue weighted by Crippen LogP contribution is 2.18. The number of carboxylic acid groups (broad SMARTS) is 1. The van der Waals surface area contributed by atoms with Gasteiger partial charge in [0.25, 0.3) is 5.91 Å². The van der Waals surface area contributed by atoms with Crippen LogP contribution >= 0.6 is 0 Å². The zero-order valence-corrected chi connectivity index (χ0v) is 15.9. The average Bonchev–Trinajstić information content (AvgIpc) is 2.99. The van der Waals surface area contributed by atoms with Gasteiger partial charge in [0.05, 0.1) is 13.2 Å². The fourth-order valence-corrected chi connectivity index (χ4v) is 2.86. The fraction of sp³-hybridized carbons (Fsp3) is 0.444. The Morgan fingerprint density at radius 2 is 2.00 bits per heavy atom. The molecule has 2 aromatic heterocycles. The van der Waals surface area contributed by atoms with Crippen LogP contribution in [0.15, 0.2) is 30.6 Å². The van der Waals surface area contributed by atoms with Crippen LogP contribution in [0.1, 0.15) is 22.0 Å². The molecule has 158 valence electrons. The van der Waals surface area contributed by atoms with E-state index in [1.807, 2.05) is 30.2 Å². The summed E-state index contributed by atoms with van der Waals surface area (Å²) in [5.41, 5.74) is 1.33. The van der Waals surface area contributed by atoms with Crippen molar-refractivity contribution >= 4 is 11.9 Å². The van der Waals surface area contributed by atoms with Gasteiger partial charge in [-0.15, -0.1) is 0 Å². The summed E-state index contributed by atoms with van der Waals surface area (Å²) in [6.07, 6.45) is -1.35. The summed E-state index contributed by atoms with van der Waals surface area (Å²) in [5, 5.41) is 7.12. The molecule has 1 atom stereocenters. The molecule has 0 fully saturated rings. The maximum atomic E-state index is 12.8. The van der Waals surface area contributed by atoms with Gasteiger partial charge >= 0.3 is 12.1 Å². The largest absolute Gasteiger partial charge is 0.490 e. The first-order chi connectivity index (χ1) is 13.6. The van der Waals surface area contributed by atoms with Gasteiger partial charge in [-0.1, -0.05) is 6.07 Å². The molecule has 1 N–H and O–H groups in total. The maximum absolute atomic E-state index is 12.8. The number of carboxylic acids is 1. The minimum Gasteiger partial charge on any atom is -0.475 e. The van der Waals surface area contributed by atoms with E-state index in [2.05, 4.69) is 14.5 Å². The monoisotopic (exact) mass is 414 g/mol. The lowest BCUT2D eigenvalue weighted by Gasteiger charge is -2.23. The number of nitrogens with zero attached hydrogens (tertiary/aromatic N) is 4. The number of aromatic nitrogens is 3. The van der Waals surface area contributed by atoms with E-state index in [-0.39, 0.29) is 11.8 Å². The normalized spacial score (nSPS) is 16.3. The summed E-state index contributed by atoms with van der Waals surface area (Å²) >= 11 is 0. The molecule has 0 aromatic carbocycles. The molecule has 0 bridgehead atoms. The van der Waals surface area contributed by atoms with Crippen LogP contribution in [0, 0.1) is 12.8 Å². The number of amides is 1. The SMILES string of the molecule is COCC1CN(C(=O)c2cccc(C)n2)Cc2nccn2C1.O=C(O)C(F)(F)F. The van der Waals surface area contributed by atoms with Crippen molar-refractivity contribution < 1.29 is 32.6 Å². The first-order valence-electron chi connectivity index (χ1n) is 8.63. The Hall–Kier alpha value is -2.95. The van der Waals surface area contributed by atoms with Crippen LogP contribution in [-0.4, -0.2) is 62.9 Å². The topological polar surface area (TPSA) is 97.5 Å². The number of methoxy groups -OCH3 is 1. The molecular weight excluding hydrogens is 393 g/mol. The van der Waals surface area contributed by atoms with Crippen LogP contribution in [0.5, 0.6) is 0 Å². The number of hydrogen-bond acceptors (Lipinski definition) is 5. The second kappa shape index (κ2) is 9.50. The van der Waals surface area contributed by atoms with E-state index in [0.717, 1.165) is 18.1 Å². The summed E-state index contributed by atoms with van der Waals surface area (Å²) in [6.45, 7) is 4.46. The molecule has 3 heterocycles. The third-order valence-corrected chi connectivity index (χ3v) is 4.11. The van der Waals surface area contributed by atoms with Crippen molar-refractivity contribution in [3.63, 3.8) is 0 Å². The molecule has 3 rings (SSSR count). The molecule has 8 nitrogen and oxygen atoms in total. The Morgan fingerprint density at radius 3 is 2.59 bits per heavy atom. The van der Waals surface area contributed by atoms with E-state index in [1.165, 1.54) is 0 Å². The van der Waals surface area contributed by atoms with Crippen molar-refractivity contribution in [2.45, 2.75) is 26.2 Å². The number of alkyl halides is 3. The van der Waals surface area contributed by atoms with Crippen molar-refractivity contribution in [1.29, 1.82) is 0 Å². The number of hydrogen-bond donors (Lipinski definition) is 1. The average molecular weight is 414 g/mol. The summed E-state index contributed by atoms with van der Waals surface area (Å²) in [7, 11) is 1.69. The van der Waals surface area contributed by atoms with Crippen molar-refractivity contribution in [2.75, 3.05) is 20.3 Å². The van der Waals surface area contributed by atoms with E-state index in [1.54, 1.807) is 19.4 Å². The molecule has 1 amide bonds. The summed E-state index contributed by atoms with van der Waals surface area (Å²) in [5.74, 6) is -1.66. The Morgan fingerprint density at radius 1 is 1.31 bits per heavy atom. The number of halogens is 3. The van der Waals surface area contributed by atoms with Crippen molar-refractivity contribution in [3.8, 4) is 0 Å². The Balaban J connectivity index is 0.000000370. The van der Waals surface area contributed by atoms with Gasteiger partial charge in [0.15, 0.2) is 0 Å². The number of aliphatic carboxylic acids is 1. The van der Waals surface area contributed by atoms with Gasteiger partial charge < -0.3 is 19.3 Å². The second-order valence-electron chi connectivity index (χ2n) is 6.47. The Kier molecular flexibility index (Phi) is 7.32. The van der Waals surface area contributed by atoms with Gasteiger partial charge in [0.1, 0.15) is 11.5 Å². The van der Waals surface area contributed by atoms with Crippen LogP contribution in [-0.2, 0) is 22.6 Å². The lowest BCUT2D eigenvalue weighted by atomic mass is 10.1. The van der Waals surface area contributed by atoms with E-state index in [9.17, 15) is 18.0 Å². The molecule has 1 aliphatic heterocycles. The predicted molar refractivity (Wildman–Crippen MR) is 95.0 cm³/mol. The van der Waals surface area contributed by atoms with Crippen LogP contribution in [0.25, 0.3) is 0 Å². The quantitative estimate of drug-likeness (QED) is 0.827. The van der Waals surface area contributed by atoms with Crippen molar-refractivity contribution in [3.05, 3.63) is 47.8 Å². The van der Waals surface area contributed by atoms with Gasteiger partial charge in [0, 0.05) is 44.2 Å². The smallest absolute Gasteiger partial charge is 0.475 e. The summed E-state index contributed by atoms with van der Waals surface area (Å²) in [4.78, 5) is 32.2. The van der Waals surface area contributed by atoms with E-state index in [4.69, 9.17) is 14.6 Å². The van der Waals surface area contributed by atoms with Gasteiger partial charge in [0.2, 0.25) is 0 Å². The van der Waals surface area contributed by atoms with Gasteiger partial charge in [-0.3, -0.25) is 4.79 Å². The van der Waals surface area contributed by atoms with E-state index in [0.29, 0.717) is 25.4 Å². The van der Waals surface area contributed by atoms with E-state index < -0.39 is 12.1 Å². The van der Waals surface area contributed by atoms with Gasteiger partial charge in [-0.25, -0.2) is 14.8 Å². The zero-order valence-electron chi connectivity index (χ0n) is 15.9. The van der Waals surface area contributed by atoms with Crippen molar-refractivity contribution in [2.24, 2.45) is 5.92 Å². The minimum absolute atomic E-state index is 0.0544. The molecule has 29 heavy (non-hydrogen) atoms. The number of aryl methyl sites for hydroxylation is 1. The number of carbonyl (C=O) groups excluding carboxylic acids is 1. The molecule has 11 heteroatoms. The third kappa shape index (κ3) is 6.28. The number of pyridine rings is 1. The van der Waals surface area contributed by atoms with Crippen LogP contribution < -0.4 is 0 Å². The Bertz CT molecular complexity index is 854. The molecule has 1 unspecified atom stereocenters. The minimum atomic E-state index is -5.08. The molecular formula is C18H21F3N4O4. The molecule has 0 saturated heterocycles. The molecule has 0 spiro atoms. The van der Waals surface area contributed by atoms with Crippen LogP contribution in [0.2, 0.25) is 0 Å². The number of carbonyl (C=O) groups is 2. The second-order valence-corrected chi connectivity index (χ2v) is 6.47. The molecule has 1 aliphatic rings. The van der Waals surface area contributed by atoms with Gasteiger partial charge in [-0.05, 0) is 19.1 Å². The third-order valence-electron chi connectivity index (χ3n) is 4.11. The molecule has 0 aliphatic carbocycles. The lowest BCUT2D eigenvalue weighted by Crippen LogP contribution is -2.35. The first-order valence-corrected chi connectivity index (χ1v) is 8.63. The highest BCUT2D eigenvalue weighted by molar-refractivity contribution is 5.92. The molecule has 0 saturated carbocycles. The first kappa shape index (κ1) is 22.3. The summed E-state index contributed by atoms with van der Waals surface area (Å²) < 4.78 is 39.1. The number of rotatable bonds is 3. The summed E-state index contributed by atoms with van der Waals surface area (Å²) in [6, 6.07) is 5.51. The standard InChI is InChI=1S/C16H20N4O2.C2HF3O2/c1-12-4-3-5-14(18-12)16(21)20-9-13(11-22-2)8-19-7-6-17-15(19)10-20;3-2(4,5)1(6)7/h3-7,13H,8-11H2,1-2H3;(H,6,7).